The number of hydrogen-bond donors (Lipinski definition) is 2. The second kappa shape index (κ2) is 9.49. The maximum Gasteiger partial charge on any atom is 0.329 e. The highest BCUT2D eigenvalue weighted by Gasteiger charge is 2.42. The second-order valence-corrected chi connectivity index (χ2v) is 8.49. The smallest absolute Gasteiger partial charge is 0.329 e. The molecule has 2 aromatic carbocycles. The van der Waals surface area contributed by atoms with Gasteiger partial charge in [-0.2, -0.15) is 12.6 Å². The third-order valence-electron chi connectivity index (χ3n) is 5.74. The van der Waals surface area contributed by atoms with E-state index in [9.17, 15) is 9.59 Å². The molecule has 3 rings (SSSR count). The number of carbonyl (C=O) groups is 2. The lowest BCUT2D eigenvalue weighted by molar-refractivity contribution is -0.151. The molecule has 0 aromatic heterocycles. The average Bonchev–Trinajstić information content (AvgIpc) is 2.75. The third kappa shape index (κ3) is 5.02. The molecular formula is C24H29NO3S. The Morgan fingerprint density at radius 1 is 1.07 bits per heavy atom. The molecule has 1 amide bonds. The summed E-state index contributed by atoms with van der Waals surface area (Å²) in [4.78, 5) is 26.0. The molecule has 2 atom stereocenters. The summed E-state index contributed by atoms with van der Waals surface area (Å²) in [5.41, 5.74) is 2.80. The van der Waals surface area contributed by atoms with Crippen molar-refractivity contribution >= 4 is 24.5 Å². The molecule has 0 radical (unpaired) electrons. The fourth-order valence-corrected chi connectivity index (χ4v) is 4.23. The molecule has 4 nitrogen and oxygen atoms in total. The molecule has 1 N–H and O–H groups in total. The van der Waals surface area contributed by atoms with Crippen LogP contribution in [0.15, 0.2) is 54.6 Å². The molecule has 154 valence electrons. The van der Waals surface area contributed by atoms with Gasteiger partial charge in [-0.25, -0.2) is 4.79 Å². The first-order chi connectivity index (χ1) is 13.9. The summed E-state index contributed by atoms with van der Waals surface area (Å²) in [6.45, 7) is 4.03. The molecule has 1 unspecified atom stereocenters. The lowest BCUT2D eigenvalue weighted by Gasteiger charge is -2.37. The molecule has 0 heterocycles. The fraction of sp³-hybridized carbons (Fsp3) is 0.417. The van der Waals surface area contributed by atoms with Gasteiger partial charge in [0.05, 0.1) is 5.41 Å². The van der Waals surface area contributed by atoms with Crippen LogP contribution in [-0.4, -0.2) is 23.7 Å². The van der Waals surface area contributed by atoms with Crippen LogP contribution in [0.4, 0.5) is 0 Å². The van der Waals surface area contributed by atoms with Crippen molar-refractivity contribution in [3.8, 4) is 0 Å². The number of fused-ring (bicyclic) bond motifs is 1. The van der Waals surface area contributed by atoms with Crippen LogP contribution in [0, 0.1) is 11.3 Å². The van der Waals surface area contributed by atoms with Gasteiger partial charge >= 0.3 is 5.97 Å². The van der Waals surface area contributed by atoms with Gasteiger partial charge in [-0.3, -0.25) is 4.79 Å². The summed E-state index contributed by atoms with van der Waals surface area (Å²) in [5.74, 6) is -0.146. The minimum Gasteiger partial charge on any atom is -0.459 e. The summed E-state index contributed by atoms with van der Waals surface area (Å²) in [6.07, 6.45) is 2.21. The molecule has 0 spiro atoms. The van der Waals surface area contributed by atoms with Gasteiger partial charge in [0, 0.05) is 5.75 Å². The second-order valence-electron chi connectivity index (χ2n) is 8.17. The lowest BCUT2D eigenvalue weighted by Crippen LogP contribution is -2.53. The molecule has 2 aromatic rings. The minimum atomic E-state index is -0.680. The van der Waals surface area contributed by atoms with Gasteiger partial charge in [-0.05, 0) is 41.9 Å². The predicted octanol–water partition coefficient (Wildman–Crippen LogP) is 3.98. The third-order valence-corrected chi connectivity index (χ3v) is 6.34. The van der Waals surface area contributed by atoms with E-state index in [2.05, 4.69) is 30.1 Å². The molecule has 0 saturated heterocycles. The lowest BCUT2D eigenvalue weighted by atomic mass is 9.72. The van der Waals surface area contributed by atoms with Gasteiger partial charge < -0.3 is 10.1 Å². The number of amides is 1. The Bertz CT molecular complexity index is 852. The molecular weight excluding hydrogens is 382 g/mol. The van der Waals surface area contributed by atoms with Gasteiger partial charge in [-0.15, -0.1) is 0 Å². The maximum absolute atomic E-state index is 13.3. The molecule has 0 saturated carbocycles. The van der Waals surface area contributed by atoms with E-state index in [-0.39, 0.29) is 18.4 Å². The Hall–Kier alpha value is -2.27. The van der Waals surface area contributed by atoms with Crippen molar-refractivity contribution in [3.63, 3.8) is 0 Å². The molecule has 0 bridgehead atoms. The topological polar surface area (TPSA) is 55.4 Å². The number of thiol groups is 1. The van der Waals surface area contributed by atoms with Crippen molar-refractivity contribution < 1.29 is 14.3 Å². The Labute approximate surface area is 178 Å². The average molecular weight is 412 g/mol. The number of esters is 1. The maximum atomic E-state index is 13.3. The van der Waals surface area contributed by atoms with Crippen LogP contribution < -0.4 is 5.32 Å². The molecule has 1 aliphatic carbocycles. The van der Waals surface area contributed by atoms with Crippen molar-refractivity contribution in [3.05, 3.63) is 71.3 Å². The standard InChI is InChI=1S/C24H29NO3S/c1-17(2)21(22(26)28-15-18-8-4-3-5-9-18)25-23(27)24(16-29)13-12-19-10-6-7-11-20(19)14-24/h3-11,17,21,29H,12-16H2,1-2H3,(H,25,27)/t21-,24?/m0/s1. The van der Waals surface area contributed by atoms with E-state index in [0.29, 0.717) is 12.2 Å². The summed E-state index contributed by atoms with van der Waals surface area (Å²) in [6, 6.07) is 17.1. The van der Waals surface area contributed by atoms with Crippen LogP contribution in [-0.2, 0) is 33.8 Å². The number of nitrogens with one attached hydrogen (secondary N) is 1. The summed E-state index contributed by atoms with van der Waals surface area (Å²) < 4.78 is 5.49. The molecule has 0 fully saturated rings. The van der Waals surface area contributed by atoms with Crippen LogP contribution >= 0.6 is 12.6 Å². The van der Waals surface area contributed by atoms with Crippen molar-refractivity contribution in [2.24, 2.45) is 11.3 Å². The van der Waals surface area contributed by atoms with Crippen LogP contribution in [0.2, 0.25) is 0 Å². The Morgan fingerprint density at radius 3 is 2.38 bits per heavy atom. The van der Waals surface area contributed by atoms with Gasteiger partial charge in [0.1, 0.15) is 12.6 Å². The number of hydrogen-bond acceptors (Lipinski definition) is 4. The summed E-state index contributed by atoms with van der Waals surface area (Å²) in [7, 11) is 0. The summed E-state index contributed by atoms with van der Waals surface area (Å²) >= 11 is 4.52. The van der Waals surface area contributed by atoms with E-state index in [4.69, 9.17) is 4.74 Å². The molecule has 5 heteroatoms. The Kier molecular flexibility index (Phi) is 7.01. The van der Waals surface area contributed by atoms with Gasteiger partial charge in [0.25, 0.3) is 0 Å². The first kappa shape index (κ1) is 21.4. The number of ether oxygens (including phenoxy) is 1. The summed E-state index contributed by atoms with van der Waals surface area (Å²) in [5, 5.41) is 2.98. The molecule has 0 aliphatic heterocycles. The van der Waals surface area contributed by atoms with E-state index >= 15 is 0 Å². The first-order valence-corrected chi connectivity index (χ1v) is 10.8. The predicted molar refractivity (Wildman–Crippen MR) is 118 cm³/mol. The Morgan fingerprint density at radius 2 is 1.72 bits per heavy atom. The zero-order valence-corrected chi connectivity index (χ0v) is 18.0. The normalized spacial score (nSPS) is 19.3. The Balaban J connectivity index is 1.69. The van der Waals surface area contributed by atoms with Gasteiger partial charge in [0.2, 0.25) is 5.91 Å². The first-order valence-electron chi connectivity index (χ1n) is 10.1. The van der Waals surface area contributed by atoms with E-state index in [1.807, 2.05) is 56.3 Å². The number of aryl methyl sites for hydroxylation is 1. The number of benzene rings is 2. The highest BCUT2D eigenvalue weighted by Crippen LogP contribution is 2.37. The highest BCUT2D eigenvalue weighted by molar-refractivity contribution is 7.80. The van der Waals surface area contributed by atoms with E-state index < -0.39 is 17.4 Å². The van der Waals surface area contributed by atoms with Crippen molar-refractivity contribution in [2.45, 2.75) is 45.8 Å². The van der Waals surface area contributed by atoms with Crippen LogP contribution in [0.25, 0.3) is 0 Å². The highest BCUT2D eigenvalue weighted by atomic mass is 32.1. The van der Waals surface area contributed by atoms with E-state index in [0.717, 1.165) is 18.4 Å². The van der Waals surface area contributed by atoms with Crippen molar-refractivity contribution in [1.82, 2.24) is 5.32 Å². The molecule has 29 heavy (non-hydrogen) atoms. The zero-order valence-electron chi connectivity index (χ0n) is 17.1. The van der Waals surface area contributed by atoms with E-state index in [1.165, 1.54) is 11.1 Å². The minimum absolute atomic E-state index is 0.0740. The van der Waals surface area contributed by atoms with Gasteiger partial charge in [0.15, 0.2) is 0 Å². The zero-order chi connectivity index (χ0) is 20.9. The van der Waals surface area contributed by atoms with Crippen molar-refractivity contribution in [2.75, 3.05) is 5.75 Å². The largest absolute Gasteiger partial charge is 0.459 e. The van der Waals surface area contributed by atoms with Crippen molar-refractivity contribution in [1.29, 1.82) is 0 Å². The van der Waals surface area contributed by atoms with Crippen LogP contribution in [0.3, 0.4) is 0 Å². The molecule has 1 aliphatic rings. The number of carbonyl (C=O) groups excluding carboxylic acids is 2. The monoisotopic (exact) mass is 411 g/mol. The van der Waals surface area contributed by atoms with Gasteiger partial charge in [-0.1, -0.05) is 68.4 Å². The van der Waals surface area contributed by atoms with Crippen LogP contribution in [0.1, 0.15) is 37.0 Å². The fourth-order valence-electron chi connectivity index (χ4n) is 3.81. The number of rotatable bonds is 7. The van der Waals surface area contributed by atoms with Crippen LogP contribution in [0.5, 0.6) is 0 Å². The quantitative estimate of drug-likeness (QED) is 0.535. The van der Waals surface area contributed by atoms with E-state index in [1.54, 1.807) is 0 Å². The SMILES string of the molecule is CC(C)[C@H](NC(=O)C1(CS)CCc2ccccc2C1)C(=O)OCc1ccccc1.